The first-order valence-electron chi connectivity index (χ1n) is 4.56. The van der Waals surface area contributed by atoms with Crippen molar-refractivity contribution in [3.05, 3.63) is 12.3 Å². The Bertz CT molecular complexity index is 116. The Hall–Kier alpha value is -0.460. The third-order valence-corrected chi connectivity index (χ3v) is 2.06. The molecule has 0 bridgehead atoms. The summed E-state index contributed by atoms with van der Waals surface area (Å²) < 4.78 is 0. The molecule has 66 valence electrons. The van der Waals surface area contributed by atoms with Crippen LogP contribution in [0.1, 0.15) is 40.5 Å². The Morgan fingerprint density at radius 2 is 1.91 bits per heavy atom. The molecule has 0 spiro atoms. The molecule has 1 atom stereocenters. The summed E-state index contributed by atoms with van der Waals surface area (Å²) in [5, 5.41) is 3.42. The van der Waals surface area contributed by atoms with Gasteiger partial charge >= 0.3 is 0 Å². The van der Waals surface area contributed by atoms with E-state index in [4.69, 9.17) is 0 Å². The second kappa shape index (κ2) is 5.22. The Balaban J connectivity index is 3.78. The number of allylic oxidation sites excluding steroid dienone is 1. The normalized spacial score (nSPS) is 13.2. The summed E-state index contributed by atoms with van der Waals surface area (Å²) in [6.45, 7) is 12.7. The van der Waals surface area contributed by atoms with Crippen LogP contribution in [0.3, 0.4) is 0 Å². The standard InChI is InChI=1S/C10H21N/c1-6-9(5)11-10(7-2)8(3)4/h8,10-11H,5-7H2,1-4H3. The Morgan fingerprint density at radius 1 is 1.36 bits per heavy atom. The first kappa shape index (κ1) is 10.5. The van der Waals surface area contributed by atoms with Gasteiger partial charge in [-0.25, -0.2) is 0 Å². The molecule has 0 fully saturated rings. The van der Waals surface area contributed by atoms with E-state index in [0.29, 0.717) is 12.0 Å². The fourth-order valence-corrected chi connectivity index (χ4v) is 1.10. The van der Waals surface area contributed by atoms with E-state index in [1.54, 1.807) is 0 Å². The van der Waals surface area contributed by atoms with Crippen LogP contribution < -0.4 is 5.32 Å². The van der Waals surface area contributed by atoms with Crippen molar-refractivity contribution in [1.82, 2.24) is 5.32 Å². The zero-order chi connectivity index (χ0) is 8.85. The second-order valence-electron chi connectivity index (χ2n) is 3.36. The van der Waals surface area contributed by atoms with Gasteiger partial charge < -0.3 is 5.32 Å². The molecule has 0 rings (SSSR count). The highest BCUT2D eigenvalue weighted by atomic mass is 14.9. The molecule has 0 aromatic rings. The summed E-state index contributed by atoms with van der Waals surface area (Å²) in [4.78, 5) is 0. The van der Waals surface area contributed by atoms with Gasteiger partial charge in [0.25, 0.3) is 0 Å². The van der Waals surface area contributed by atoms with Crippen LogP contribution in [0.2, 0.25) is 0 Å². The maximum Gasteiger partial charge on any atom is 0.0278 e. The largest absolute Gasteiger partial charge is 0.386 e. The van der Waals surface area contributed by atoms with Crippen LogP contribution in [-0.4, -0.2) is 6.04 Å². The average molecular weight is 155 g/mol. The van der Waals surface area contributed by atoms with Gasteiger partial charge in [0, 0.05) is 11.7 Å². The molecule has 0 saturated heterocycles. The molecule has 0 amide bonds. The van der Waals surface area contributed by atoms with Gasteiger partial charge in [0.1, 0.15) is 0 Å². The highest BCUT2D eigenvalue weighted by molar-refractivity contribution is 4.92. The molecule has 1 unspecified atom stereocenters. The molecule has 1 N–H and O–H groups in total. The van der Waals surface area contributed by atoms with Crippen LogP contribution in [0.15, 0.2) is 12.3 Å². The summed E-state index contributed by atoms with van der Waals surface area (Å²) in [5.41, 5.74) is 1.16. The van der Waals surface area contributed by atoms with Crippen LogP contribution in [0.25, 0.3) is 0 Å². The zero-order valence-electron chi connectivity index (χ0n) is 8.28. The summed E-state index contributed by atoms with van der Waals surface area (Å²) in [6.07, 6.45) is 2.21. The summed E-state index contributed by atoms with van der Waals surface area (Å²) in [6, 6.07) is 0.599. The van der Waals surface area contributed by atoms with Gasteiger partial charge in [-0.3, -0.25) is 0 Å². The van der Waals surface area contributed by atoms with E-state index in [1.807, 2.05) is 0 Å². The van der Waals surface area contributed by atoms with E-state index in [9.17, 15) is 0 Å². The molecular formula is C10H21N. The minimum absolute atomic E-state index is 0.599. The maximum atomic E-state index is 3.93. The first-order valence-corrected chi connectivity index (χ1v) is 4.56. The predicted molar refractivity (Wildman–Crippen MR) is 51.5 cm³/mol. The third kappa shape index (κ3) is 4.07. The van der Waals surface area contributed by atoms with E-state index < -0.39 is 0 Å². The minimum atomic E-state index is 0.599. The highest BCUT2D eigenvalue weighted by Crippen LogP contribution is 2.07. The molecule has 1 nitrogen and oxygen atoms in total. The van der Waals surface area contributed by atoms with E-state index in [2.05, 4.69) is 39.6 Å². The van der Waals surface area contributed by atoms with Crippen LogP contribution in [0.4, 0.5) is 0 Å². The molecule has 0 aliphatic rings. The van der Waals surface area contributed by atoms with Gasteiger partial charge in [-0.2, -0.15) is 0 Å². The number of hydrogen-bond acceptors (Lipinski definition) is 1. The third-order valence-electron chi connectivity index (χ3n) is 2.06. The van der Waals surface area contributed by atoms with Crippen molar-refractivity contribution >= 4 is 0 Å². The quantitative estimate of drug-likeness (QED) is 0.643. The van der Waals surface area contributed by atoms with Gasteiger partial charge in [-0.1, -0.05) is 34.3 Å². The Labute approximate surface area is 70.9 Å². The van der Waals surface area contributed by atoms with Gasteiger partial charge in [-0.15, -0.1) is 0 Å². The maximum absolute atomic E-state index is 3.93. The number of nitrogens with one attached hydrogen (secondary N) is 1. The summed E-state index contributed by atoms with van der Waals surface area (Å²) in [7, 11) is 0. The average Bonchev–Trinajstić information content (AvgIpc) is 1.99. The topological polar surface area (TPSA) is 12.0 Å². The van der Waals surface area contributed by atoms with Crippen molar-refractivity contribution in [3.8, 4) is 0 Å². The van der Waals surface area contributed by atoms with Gasteiger partial charge in [0.15, 0.2) is 0 Å². The van der Waals surface area contributed by atoms with Crippen molar-refractivity contribution in [2.75, 3.05) is 0 Å². The molecule has 0 aliphatic heterocycles. The smallest absolute Gasteiger partial charge is 0.0278 e. The SMILES string of the molecule is C=C(CC)NC(CC)C(C)C. The molecule has 0 aromatic carbocycles. The van der Waals surface area contributed by atoms with Crippen molar-refractivity contribution in [1.29, 1.82) is 0 Å². The molecule has 0 aliphatic carbocycles. The van der Waals surface area contributed by atoms with Gasteiger partial charge in [-0.05, 0) is 18.8 Å². The molecule has 0 radical (unpaired) electrons. The van der Waals surface area contributed by atoms with Gasteiger partial charge in [0.05, 0.1) is 0 Å². The predicted octanol–water partition coefficient (Wildman–Crippen LogP) is 2.93. The first-order chi connectivity index (χ1) is 5.11. The summed E-state index contributed by atoms with van der Waals surface area (Å²) in [5.74, 6) is 0.697. The second-order valence-corrected chi connectivity index (χ2v) is 3.36. The molecule has 0 heterocycles. The van der Waals surface area contributed by atoms with Crippen LogP contribution in [-0.2, 0) is 0 Å². The van der Waals surface area contributed by atoms with E-state index >= 15 is 0 Å². The van der Waals surface area contributed by atoms with E-state index in [0.717, 1.165) is 12.1 Å². The van der Waals surface area contributed by atoms with Gasteiger partial charge in [0.2, 0.25) is 0 Å². The fourth-order valence-electron chi connectivity index (χ4n) is 1.10. The highest BCUT2D eigenvalue weighted by Gasteiger charge is 2.09. The van der Waals surface area contributed by atoms with Crippen LogP contribution >= 0.6 is 0 Å². The summed E-state index contributed by atoms with van der Waals surface area (Å²) >= 11 is 0. The zero-order valence-corrected chi connectivity index (χ0v) is 8.28. The Kier molecular flexibility index (Phi) is 5.01. The molecule has 0 saturated carbocycles. The lowest BCUT2D eigenvalue weighted by Gasteiger charge is -2.22. The lowest BCUT2D eigenvalue weighted by molar-refractivity contribution is 0.415. The van der Waals surface area contributed by atoms with Crippen LogP contribution in [0, 0.1) is 5.92 Å². The fraction of sp³-hybridized carbons (Fsp3) is 0.800. The number of rotatable bonds is 5. The molecule has 0 aromatic heterocycles. The van der Waals surface area contributed by atoms with Crippen molar-refractivity contribution in [2.45, 2.75) is 46.6 Å². The van der Waals surface area contributed by atoms with E-state index in [1.165, 1.54) is 6.42 Å². The lowest BCUT2D eigenvalue weighted by Crippen LogP contribution is -2.31. The van der Waals surface area contributed by atoms with E-state index in [-0.39, 0.29) is 0 Å². The molecular weight excluding hydrogens is 134 g/mol. The monoisotopic (exact) mass is 155 g/mol. The minimum Gasteiger partial charge on any atom is -0.386 e. The van der Waals surface area contributed by atoms with Crippen LogP contribution in [0.5, 0.6) is 0 Å². The Morgan fingerprint density at radius 3 is 2.18 bits per heavy atom. The van der Waals surface area contributed by atoms with Crippen molar-refractivity contribution in [3.63, 3.8) is 0 Å². The molecule has 11 heavy (non-hydrogen) atoms. The van der Waals surface area contributed by atoms with Crippen molar-refractivity contribution < 1.29 is 0 Å². The lowest BCUT2D eigenvalue weighted by atomic mass is 10.0. The van der Waals surface area contributed by atoms with Crippen molar-refractivity contribution in [2.24, 2.45) is 5.92 Å². The number of hydrogen-bond donors (Lipinski definition) is 1. The molecule has 1 heteroatoms.